The number of ether oxygens (including phenoxy) is 2. The number of amides is 1. The molecule has 0 atom stereocenters. The number of nitrogens with one attached hydrogen (secondary N) is 1. The smallest absolute Gasteiger partial charge is 0.262 e. The summed E-state index contributed by atoms with van der Waals surface area (Å²) in [4.78, 5) is 12.2. The van der Waals surface area contributed by atoms with Crippen LogP contribution in [0.15, 0.2) is 59.5 Å². The Morgan fingerprint density at radius 2 is 1.85 bits per heavy atom. The van der Waals surface area contributed by atoms with Crippen LogP contribution in [0.3, 0.4) is 0 Å². The third kappa shape index (κ3) is 6.60. The number of hydrogen-bond donors (Lipinski definition) is 2. The van der Waals surface area contributed by atoms with Crippen LogP contribution in [0.2, 0.25) is 10.0 Å². The summed E-state index contributed by atoms with van der Waals surface area (Å²) in [5, 5.41) is 17.4. The van der Waals surface area contributed by atoms with Crippen molar-refractivity contribution in [2.24, 2.45) is 5.14 Å². The molecule has 1 amide bonds. The second-order valence-corrected chi connectivity index (χ2v) is 9.25. The molecule has 3 aromatic rings. The lowest BCUT2D eigenvalue weighted by Gasteiger charge is -2.12. The van der Waals surface area contributed by atoms with Crippen LogP contribution in [0.4, 0.5) is 5.69 Å². The molecule has 11 heteroatoms. The molecule has 0 spiro atoms. The maximum Gasteiger partial charge on any atom is 0.262 e. The van der Waals surface area contributed by atoms with Crippen molar-refractivity contribution in [2.75, 3.05) is 11.9 Å². The van der Waals surface area contributed by atoms with Gasteiger partial charge in [0.25, 0.3) is 5.91 Å². The minimum Gasteiger partial charge on any atom is -0.484 e. The number of hydrogen-bond acceptors (Lipinski definition) is 6. The number of halogens is 2. The molecule has 33 heavy (non-hydrogen) atoms. The van der Waals surface area contributed by atoms with E-state index in [-0.39, 0.29) is 22.3 Å². The number of sulfonamides is 1. The first-order valence-electron chi connectivity index (χ1n) is 9.29. The molecule has 0 unspecified atom stereocenters. The van der Waals surface area contributed by atoms with E-state index in [9.17, 15) is 13.2 Å². The molecule has 3 rings (SSSR count). The number of nitrogens with two attached hydrogens (primary N) is 1. The molecule has 0 saturated carbocycles. The van der Waals surface area contributed by atoms with Gasteiger partial charge in [-0.3, -0.25) is 4.79 Å². The molecule has 0 radical (unpaired) electrons. The zero-order valence-corrected chi connectivity index (χ0v) is 19.5. The van der Waals surface area contributed by atoms with Gasteiger partial charge in [0.05, 0.1) is 21.6 Å². The van der Waals surface area contributed by atoms with Crippen molar-refractivity contribution in [2.45, 2.75) is 11.8 Å². The molecule has 0 aliphatic carbocycles. The van der Waals surface area contributed by atoms with Crippen LogP contribution in [0, 0.1) is 18.3 Å². The Balaban J connectivity index is 1.67. The molecule has 0 aliphatic heterocycles. The zero-order chi connectivity index (χ0) is 24.2. The molecule has 0 fully saturated rings. The van der Waals surface area contributed by atoms with Gasteiger partial charge in [-0.15, -0.1) is 0 Å². The molecule has 0 aromatic heterocycles. The first-order valence-corrected chi connectivity index (χ1v) is 11.6. The van der Waals surface area contributed by atoms with E-state index in [2.05, 4.69) is 5.32 Å². The van der Waals surface area contributed by atoms with Crippen LogP contribution in [0.5, 0.6) is 17.2 Å². The number of rotatable bonds is 7. The highest BCUT2D eigenvalue weighted by Crippen LogP contribution is 2.34. The topological polar surface area (TPSA) is 132 Å². The lowest BCUT2D eigenvalue weighted by Crippen LogP contribution is -2.21. The Hall–Kier alpha value is -3.29. The van der Waals surface area contributed by atoms with Crippen LogP contribution in [-0.4, -0.2) is 20.9 Å². The minimum absolute atomic E-state index is 0.0514. The van der Waals surface area contributed by atoms with Crippen molar-refractivity contribution < 1.29 is 22.7 Å². The largest absolute Gasteiger partial charge is 0.484 e. The Morgan fingerprint density at radius 3 is 2.52 bits per heavy atom. The Morgan fingerprint density at radius 1 is 1.09 bits per heavy atom. The second-order valence-electron chi connectivity index (χ2n) is 6.84. The van der Waals surface area contributed by atoms with Gasteiger partial charge in [-0.05, 0) is 61.0 Å². The van der Waals surface area contributed by atoms with E-state index in [1.54, 1.807) is 13.0 Å². The Kier molecular flexibility index (Phi) is 7.46. The molecule has 0 heterocycles. The van der Waals surface area contributed by atoms with Crippen LogP contribution in [0.1, 0.15) is 11.1 Å². The van der Waals surface area contributed by atoms with E-state index in [4.69, 9.17) is 43.1 Å². The van der Waals surface area contributed by atoms with Crippen molar-refractivity contribution in [3.05, 3.63) is 75.8 Å². The summed E-state index contributed by atoms with van der Waals surface area (Å²) < 4.78 is 34.1. The first kappa shape index (κ1) is 24.4. The van der Waals surface area contributed by atoms with E-state index in [0.29, 0.717) is 33.3 Å². The SMILES string of the molecule is Cc1cc(S(N)(=O)=O)ccc1NC(=O)COc1ccc(Cl)c(Oc2cc(Cl)cc(C#N)c2)c1. The van der Waals surface area contributed by atoms with Crippen LogP contribution in [0.25, 0.3) is 0 Å². The van der Waals surface area contributed by atoms with Gasteiger partial charge < -0.3 is 14.8 Å². The number of primary sulfonamides is 1. The summed E-state index contributed by atoms with van der Waals surface area (Å²) >= 11 is 12.2. The number of carbonyl (C=O) groups excluding carboxylic acids is 1. The maximum atomic E-state index is 12.3. The van der Waals surface area contributed by atoms with Crippen molar-refractivity contribution in [3.63, 3.8) is 0 Å². The summed E-state index contributed by atoms with van der Waals surface area (Å²) in [6, 6.07) is 15.2. The van der Waals surface area contributed by atoms with Crippen molar-refractivity contribution in [3.8, 4) is 23.3 Å². The van der Waals surface area contributed by atoms with Gasteiger partial charge >= 0.3 is 0 Å². The fourth-order valence-corrected chi connectivity index (χ4v) is 3.73. The fourth-order valence-electron chi connectivity index (χ4n) is 2.75. The summed E-state index contributed by atoms with van der Waals surface area (Å²) in [6.07, 6.45) is 0. The lowest BCUT2D eigenvalue weighted by atomic mass is 10.2. The molecule has 0 bridgehead atoms. The first-order chi connectivity index (χ1) is 15.5. The summed E-state index contributed by atoms with van der Waals surface area (Å²) in [5.41, 5.74) is 1.27. The number of carbonyl (C=O) groups is 1. The fraction of sp³-hybridized carbons (Fsp3) is 0.0909. The molecule has 0 aliphatic rings. The minimum atomic E-state index is -3.84. The van der Waals surface area contributed by atoms with Gasteiger partial charge in [-0.1, -0.05) is 23.2 Å². The molecule has 3 aromatic carbocycles. The normalized spacial score (nSPS) is 10.9. The third-order valence-corrected chi connectivity index (χ3v) is 5.74. The number of anilines is 1. The van der Waals surface area contributed by atoms with Gasteiger partial charge in [0.1, 0.15) is 17.2 Å². The quantitative estimate of drug-likeness (QED) is 0.480. The average molecular weight is 506 g/mol. The molecular weight excluding hydrogens is 489 g/mol. The highest BCUT2D eigenvalue weighted by molar-refractivity contribution is 7.89. The number of benzene rings is 3. The predicted molar refractivity (Wildman–Crippen MR) is 124 cm³/mol. The third-order valence-electron chi connectivity index (χ3n) is 4.30. The summed E-state index contributed by atoms with van der Waals surface area (Å²) in [5.74, 6) is 0.408. The summed E-state index contributed by atoms with van der Waals surface area (Å²) in [6.45, 7) is 1.31. The number of nitriles is 1. The van der Waals surface area contributed by atoms with Gasteiger partial charge in [0.15, 0.2) is 6.61 Å². The van der Waals surface area contributed by atoms with Crippen molar-refractivity contribution >= 4 is 44.8 Å². The average Bonchev–Trinajstić information content (AvgIpc) is 2.74. The predicted octanol–water partition coefficient (Wildman–Crippen LogP) is 4.63. The second kappa shape index (κ2) is 10.1. The lowest BCUT2D eigenvalue weighted by molar-refractivity contribution is -0.118. The number of nitrogens with zero attached hydrogens (tertiary/aromatic N) is 1. The Labute approximate surface area is 200 Å². The van der Waals surface area contributed by atoms with E-state index >= 15 is 0 Å². The van der Waals surface area contributed by atoms with Gasteiger partial charge in [0.2, 0.25) is 10.0 Å². The highest BCUT2D eigenvalue weighted by atomic mass is 35.5. The number of aryl methyl sites for hydroxylation is 1. The maximum absolute atomic E-state index is 12.3. The van der Waals surface area contributed by atoms with Crippen molar-refractivity contribution in [1.82, 2.24) is 0 Å². The molecular formula is C22H17Cl2N3O5S. The van der Waals surface area contributed by atoms with Crippen LogP contribution in [-0.2, 0) is 14.8 Å². The highest BCUT2D eigenvalue weighted by Gasteiger charge is 2.13. The zero-order valence-electron chi connectivity index (χ0n) is 17.1. The Bertz CT molecular complexity index is 1370. The molecule has 170 valence electrons. The standard InChI is InChI=1S/C22H17Cl2N3O5S/c1-13-6-18(33(26,29)30)3-5-20(13)27-22(28)12-31-16-2-4-19(24)21(10-16)32-17-8-14(11-25)7-15(23)9-17/h2-10H,12H2,1H3,(H,27,28)(H2,26,29,30). The van der Waals surface area contributed by atoms with Gasteiger partial charge in [-0.25, -0.2) is 13.6 Å². The van der Waals surface area contributed by atoms with E-state index in [0.717, 1.165) is 0 Å². The van der Waals surface area contributed by atoms with Crippen LogP contribution >= 0.6 is 23.2 Å². The summed E-state index contributed by atoms with van der Waals surface area (Å²) in [7, 11) is -3.84. The monoisotopic (exact) mass is 505 g/mol. The van der Waals surface area contributed by atoms with Crippen LogP contribution < -0.4 is 19.9 Å². The van der Waals surface area contributed by atoms with E-state index in [1.165, 1.54) is 48.5 Å². The van der Waals surface area contributed by atoms with Gasteiger partial charge in [-0.2, -0.15) is 5.26 Å². The molecule has 0 saturated heterocycles. The van der Waals surface area contributed by atoms with E-state index in [1.807, 2.05) is 6.07 Å². The molecule has 3 N–H and O–H groups in total. The van der Waals surface area contributed by atoms with Gasteiger partial charge in [0, 0.05) is 16.8 Å². The van der Waals surface area contributed by atoms with Crippen molar-refractivity contribution in [1.29, 1.82) is 5.26 Å². The molecule has 8 nitrogen and oxygen atoms in total. The van der Waals surface area contributed by atoms with E-state index < -0.39 is 15.9 Å².